The van der Waals surface area contributed by atoms with Crippen LogP contribution in [0.1, 0.15) is 49.8 Å². The number of hydrogen-bond donors (Lipinski definition) is 1. The minimum Gasteiger partial charge on any atom is -0.376 e. The maximum atomic E-state index is 13.6. The summed E-state index contributed by atoms with van der Waals surface area (Å²) in [6.07, 6.45) is 0. The fourth-order valence-electron chi connectivity index (χ4n) is 2.46. The fraction of sp³-hybridized carbons (Fsp3) is 0.438. The molecular weight excluding hydrogens is 289 g/mol. The van der Waals surface area contributed by atoms with Crippen molar-refractivity contribution in [2.45, 2.75) is 46.7 Å². The summed E-state index contributed by atoms with van der Waals surface area (Å²) in [4.78, 5) is 0. The predicted molar refractivity (Wildman–Crippen MR) is 85.5 cm³/mol. The van der Waals surface area contributed by atoms with Crippen LogP contribution in [-0.4, -0.2) is 9.78 Å². The smallest absolute Gasteiger partial charge is 0.142 e. The van der Waals surface area contributed by atoms with Crippen molar-refractivity contribution < 1.29 is 4.39 Å². The van der Waals surface area contributed by atoms with Gasteiger partial charge >= 0.3 is 0 Å². The second kappa shape index (κ2) is 6.06. The summed E-state index contributed by atoms with van der Waals surface area (Å²) in [5.41, 5.74) is 3.89. The molecule has 2 aromatic rings. The van der Waals surface area contributed by atoms with Gasteiger partial charge in [0.2, 0.25) is 0 Å². The number of aromatic nitrogens is 2. The predicted octanol–water partition coefficient (Wildman–Crippen LogP) is 5.05. The summed E-state index contributed by atoms with van der Waals surface area (Å²) in [5.74, 6) is -0.394. The molecule has 0 fully saturated rings. The van der Waals surface area contributed by atoms with Gasteiger partial charge in [-0.1, -0.05) is 17.7 Å². The van der Waals surface area contributed by atoms with Crippen molar-refractivity contribution in [1.82, 2.24) is 9.78 Å². The SMILES string of the molecule is Cc1nn(C(C)C)c(C)c1NC(C)c1ccc(Cl)c(F)c1. The second-order valence-electron chi connectivity index (χ2n) is 5.62. The van der Waals surface area contributed by atoms with Crippen molar-refractivity contribution in [3.63, 3.8) is 0 Å². The van der Waals surface area contributed by atoms with E-state index in [1.165, 1.54) is 6.07 Å². The number of hydrogen-bond acceptors (Lipinski definition) is 2. The molecule has 2 rings (SSSR count). The van der Waals surface area contributed by atoms with Crippen LogP contribution in [0.2, 0.25) is 5.02 Å². The van der Waals surface area contributed by atoms with Gasteiger partial charge in [-0.2, -0.15) is 5.10 Å². The quantitative estimate of drug-likeness (QED) is 0.856. The van der Waals surface area contributed by atoms with Gasteiger partial charge < -0.3 is 5.32 Å². The van der Waals surface area contributed by atoms with Gasteiger partial charge in [-0.25, -0.2) is 4.39 Å². The maximum absolute atomic E-state index is 13.6. The molecule has 0 saturated carbocycles. The molecule has 5 heteroatoms. The second-order valence-corrected chi connectivity index (χ2v) is 6.03. The Bertz CT molecular complexity index is 649. The molecule has 0 amide bonds. The number of halogens is 2. The van der Waals surface area contributed by atoms with E-state index in [0.29, 0.717) is 6.04 Å². The molecule has 0 radical (unpaired) electrons. The van der Waals surface area contributed by atoms with Crippen LogP contribution in [0.3, 0.4) is 0 Å². The highest BCUT2D eigenvalue weighted by atomic mass is 35.5. The summed E-state index contributed by atoms with van der Waals surface area (Å²) in [5, 5.41) is 8.12. The first-order valence-electron chi connectivity index (χ1n) is 7.08. The Morgan fingerprint density at radius 1 is 1.24 bits per heavy atom. The molecule has 0 bridgehead atoms. The molecule has 3 nitrogen and oxygen atoms in total. The molecule has 1 unspecified atom stereocenters. The van der Waals surface area contributed by atoms with E-state index < -0.39 is 5.82 Å². The minimum absolute atomic E-state index is 0.0287. The lowest BCUT2D eigenvalue weighted by Gasteiger charge is -2.17. The van der Waals surface area contributed by atoms with Crippen molar-refractivity contribution in [2.24, 2.45) is 0 Å². The highest BCUT2D eigenvalue weighted by Gasteiger charge is 2.16. The van der Waals surface area contributed by atoms with Crippen LogP contribution in [-0.2, 0) is 0 Å². The van der Waals surface area contributed by atoms with Crippen LogP contribution in [0, 0.1) is 19.7 Å². The normalized spacial score (nSPS) is 12.8. The molecule has 21 heavy (non-hydrogen) atoms. The zero-order chi connectivity index (χ0) is 15.7. The lowest BCUT2D eigenvalue weighted by molar-refractivity contribution is 0.516. The molecule has 0 aliphatic rings. The third-order valence-corrected chi connectivity index (χ3v) is 3.93. The molecule has 1 N–H and O–H groups in total. The van der Waals surface area contributed by atoms with E-state index in [0.717, 1.165) is 22.6 Å². The zero-order valence-electron chi connectivity index (χ0n) is 13.0. The van der Waals surface area contributed by atoms with Gasteiger partial charge in [-0.15, -0.1) is 0 Å². The Morgan fingerprint density at radius 2 is 1.90 bits per heavy atom. The number of aryl methyl sites for hydroxylation is 1. The van der Waals surface area contributed by atoms with E-state index in [4.69, 9.17) is 11.6 Å². The molecule has 1 aromatic heterocycles. The number of anilines is 1. The van der Waals surface area contributed by atoms with Crippen molar-refractivity contribution in [3.8, 4) is 0 Å². The van der Waals surface area contributed by atoms with E-state index in [2.05, 4.69) is 24.3 Å². The van der Waals surface area contributed by atoms with Crippen molar-refractivity contribution in [3.05, 3.63) is 46.0 Å². The lowest BCUT2D eigenvalue weighted by atomic mass is 10.1. The van der Waals surface area contributed by atoms with Gasteiger partial charge in [0.1, 0.15) is 5.82 Å². The summed E-state index contributed by atoms with van der Waals surface area (Å²) in [7, 11) is 0. The number of benzene rings is 1. The minimum atomic E-state index is -0.394. The van der Waals surface area contributed by atoms with Crippen LogP contribution in [0.25, 0.3) is 0 Å². The number of rotatable bonds is 4. The molecule has 1 heterocycles. The van der Waals surface area contributed by atoms with Gasteiger partial charge in [-0.3, -0.25) is 4.68 Å². The molecule has 0 aliphatic carbocycles. The molecular formula is C16H21ClFN3. The summed E-state index contributed by atoms with van der Waals surface area (Å²) >= 11 is 5.73. The van der Waals surface area contributed by atoms with E-state index >= 15 is 0 Å². The summed E-state index contributed by atoms with van der Waals surface area (Å²) < 4.78 is 15.6. The van der Waals surface area contributed by atoms with E-state index in [1.54, 1.807) is 6.07 Å². The monoisotopic (exact) mass is 309 g/mol. The largest absolute Gasteiger partial charge is 0.376 e. The van der Waals surface area contributed by atoms with Crippen LogP contribution in [0.4, 0.5) is 10.1 Å². The van der Waals surface area contributed by atoms with Crippen LogP contribution >= 0.6 is 11.6 Å². The van der Waals surface area contributed by atoms with Crippen molar-refractivity contribution in [2.75, 3.05) is 5.32 Å². The first kappa shape index (κ1) is 15.8. The Labute approximate surface area is 130 Å². The summed E-state index contributed by atoms with van der Waals surface area (Å²) in [6, 6.07) is 5.17. The van der Waals surface area contributed by atoms with E-state index in [1.807, 2.05) is 31.5 Å². The third kappa shape index (κ3) is 3.21. The standard InChI is InChI=1S/C16H21ClFN3/c1-9(2)21-12(5)16(11(4)20-21)19-10(3)13-6-7-14(17)15(18)8-13/h6-10,19H,1-5H3. The summed E-state index contributed by atoms with van der Waals surface area (Å²) in [6.45, 7) is 10.2. The van der Waals surface area contributed by atoms with Crippen LogP contribution in [0.15, 0.2) is 18.2 Å². The molecule has 0 aliphatic heterocycles. The first-order valence-corrected chi connectivity index (χ1v) is 7.46. The van der Waals surface area contributed by atoms with Gasteiger partial charge in [0.05, 0.1) is 22.1 Å². The lowest BCUT2D eigenvalue weighted by Crippen LogP contribution is -2.09. The molecule has 1 atom stereocenters. The van der Waals surface area contributed by atoms with Gasteiger partial charge in [-0.05, 0) is 52.3 Å². The highest BCUT2D eigenvalue weighted by Crippen LogP contribution is 2.28. The van der Waals surface area contributed by atoms with Gasteiger partial charge in [0.15, 0.2) is 0 Å². The number of nitrogens with zero attached hydrogens (tertiary/aromatic N) is 2. The first-order chi connectivity index (χ1) is 9.81. The average molecular weight is 310 g/mol. The highest BCUT2D eigenvalue weighted by molar-refractivity contribution is 6.30. The Kier molecular flexibility index (Phi) is 4.57. The van der Waals surface area contributed by atoms with Crippen LogP contribution in [0.5, 0.6) is 0 Å². The topological polar surface area (TPSA) is 29.9 Å². The average Bonchev–Trinajstić information content (AvgIpc) is 2.70. The third-order valence-electron chi connectivity index (χ3n) is 3.62. The number of nitrogens with one attached hydrogen (secondary N) is 1. The fourth-order valence-corrected chi connectivity index (χ4v) is 2.57. The van der Waals surface area contributed by atoms with E-state index in [-0.39, 0.29) is 11.1 Å². The van der Waals surface area contributed by atoms with Crippen LogP contribution < -0.4 is 5.32 Å². The van der Waals surface area contributed by atoms with Crippen molar-refractivity contribution in [1.29, 1.82) is 0 Å². The Hall–Kier alpha value is -1.55. The van der Waals surface area contributed by atoms with Crippen molar-refractivity contribution >= 4 is 17.3 Å². The molecule has 0 saturated heterocycles. The molecule has 114 valence electrons. The Morgan fingerprint density at radius 3 is 2.43 bits per heavy atom. The van der Waals surface area contributed by atoms with E-state index in [9.17, 15) is 4.39 Å². The zero-order valence-corrected chi connectivity index (χ0v) is 13.8. The maximum Gasteiger partial charge on any atom is 0.142 e. The molecule has 1 aromatic carbocycles. The van der Waals surface area contributed by atoms with Gasteiger partial charge in [0.25, 0.3) is 0 Å². The Balaban J connectivity index is 2.27. The molecule has 0 spiro atoms. The van der Waals surface area contributed by atoms with Gasteiger partial charge in [0, 0.05) is 12.1 Å².